The molecule has 23 heavy (non-hydrogen) atoms. The van der Waals surface area contributed by atoms with E-state index in [9.17, 15) is 9.18 Å². The van der Waals surface area contributed by atoms with Crippen molar-refractivity contribution in [2.45, 2.75) is 18.9 Å². The van der Waals surface area contributed by atoms with Crippen LogP contribution in [-0.2, 0) is 0 Å². The number of nitrogens with zero attached hydrogens (tertiary/aromatic N) is 1. The highest BCUT2D eigenvalue weighted by atomic mass is 19.1. The molecule has 1 aromatic carbocycles. The number of furan rings is 1. The number of hydrogen-bond acceptors (Lipinski definition) is 3. The van der Waals surface area contributed by atoms with Gasteiger partial charge in [0.2, 0.25) is 0 Å². The number of likely N-dealkylation sites (tertiary alicyclic amines) is 1. The van der Waals surface area contributed by atoms with Crippen molar-refractivity contribution < 1.29 is 13.6 Å². The Labute approximate surface area is 134 Å². The molecule has 0 bridgehead atoms. The van der Waals surface area contributed by atoms with Crippen LogP contribution < -0.4 is 5.73 Å². The van der Waals surface area contributed by atoms with E-state index in [1.165, 1.54) is 12.1 Å². The molecule has 0 radical (unpaired) electrons. The fraction of sp³-hybridized carbons (Fsp3) is 0.389. The first-order chi connectivity index (χ1) is 11.1. The molecule has 1 aliphatic carbocycles. The van der Waals surface area contributed by atoms with E-state index in [0.717, 1.165) is 31.5 Å². The lowest BCUT2D eigenvalue weighted by Gasteiger charge is -2.17. The predicted molar refractivity (Wildman–Crippen MR) is 84.2 cm³/mol. The number of amides is 1. The number of benzene rings is 1. The minimum atomic E-state index is -0.295. The third-order valence-electron chi connectivity index (χ3n) is 5.15. The van der Waals surface area contributed by atoms with Crippen LogP contribution in [0.3, 0.4) is 0 Å². The maximum absolute atomic E-state index is 13.0. The molecule has 120 valence electrons. The molecule has 3 unspecified atom stereocenters. The van der Waals surface area contributed by atoms with Crippen molar-refractivity contribution in [3.05, 3.63) is 48.0 Å². The molecule has 2 N–H and O–H groups in total. The van der Waals surface area contributed by atoms with E-state index in [0.29, 0.717) is 23.4 Å². The van der Waals surface area contributed by atoms with E-state index < -0.39 is 0 Å². The number of nitrogens with two attached hydrogens (primary N) is 1. The van der Waals surface area contributed by atoms with E-state index in [4.69, 9.17) is 10.2 Å². The molecule has 2 aliphatic rings. The fourth-order valence-electron chi connectivity index (χ4n) is 3.85. The monoisotopic (exact) mass is 314 g/mol. The molecule has 2 aromatic rings. The topological polar surface area (TPSA) is 59.5 Å². The number of halogens is 1. The molecule has 1 saturated carbocycles. The first-order valence-corrected chi connectivity index (χ1v) is 8.02. The molecule has 2 heterocycles. The zero-order valence-corrected chi connectivity index (χ0v) is 12.7. The van der Waals surface area contributed by atoms with Gasteiger partial charge in [-0.25, -0.2) is 4.39 Å². The van der Waals surface area contributed by atoms with Gasteiger partial charge in [0.25, 0.3) is 5.91 Å². The molecule has 1 aromatic heterocycles. The van der Waals surface area contributed by atoms with Crippen LogP contribution in [0.25, 0.3) is 11.3 Å². The van der Waals surface area contributed by atoms with E-state index in [1.54, 1.807) is 24.3 Å². The lowest BCUT2D eigenvalue weighted by molar-refractivity contribution is 0.0749. The Morgan fingerprint density at radius 1 is 1.13 bits per heavy atom. The van der Waals surface area contributed by atoms with Crippen LogP contribution in [-0.4, -0.2) is 29.9 Å². The lowest BCUT2D eigenvalue weighted by Crippen LogP contribution is -2.33. The van der Waals surface area contributed by atoms with Crippen LogP contribution in [0.15, 0.2) is 40.8 Å². The van der Waals surface area contributed by atoms with Crippen molar-refractivity contribution in [3.63, 3.8) is 0 Å². The summed E-state index contributed by atoms with van der Waals surface area (Å²) < 4.78 is 18.7. The smallest absolute Gasteiger partial charge is 0.289 e. The second-order valence-electron chi connectivity index (χ2n) is 6.55. The Hall–Kier alpha value is -2.14. The molecule has 5 heteroatoms. The zero-order chi connectivity index (χ0) is 16.0. The average molecular weight is 314 g/mol. The predicted octanol–water partition coefficient (Wildman–Crippen LogP) is 2.90. The third-order valence-corrected chi connectivity index (χ3v) is 5.15. The largest absolute Gasteiger partial charge is 0.451 e. The number of hydrogen-bond donors (Lipinski definition) is 1. The summed E-state index contributed by atoms with van der Waals surface area (Å²) in [7, 11) is 0. The Morgan fingerprint density at radius 2 is 1.91 bits per heavy atom. The lowest BCUT2D eigenvalue weighted by atomic mass is 9.98. The molecular weight excluding hydrogens is 295 g/mol. The van der Waals surface area contributed by atoms with Crippen molar-refractivity contribution >= 4 is 5.91 Å². The fourth-order valence-corrected chi connectivity index (χ4v) is 3.85. The Kier molecular flexibility index (Phi) is 3.45. The second kappa shape index (κ2) is 5.49. The average Bonchev–Trinajstić information content (AvgIpc) is 3.25. The Morgan fingerprint density at radius 3 is 2.65 bits per heavy atom. The van der Waals surface area contributed by atoms with Crippen molar-refractivity contribution in [1.29, 1.82) is 0 Å². The summed E-state index contributed by atoms with van der Waals surface area (Å²) in [6.07, 6.45) is 2.17. The van der Waals surface area contributed by atoms with Gasteiger partial charge in [-0.1, -0.05) is 0 Å². The summed E-state index contributed by atoms with van der Waals surface area (Å²) in [6, 6.07) is 9.69. The molecule has 1 amide bonds. The maximum atomic E-state index is 13.0. The summed E-state index contributed by atoms with van der Waals surface area (Å²) in [5, 5.41) is 0. The highest BCUT2D eigenvalue weighted by Gasteiger charge is 2.43. The molecule has 2 fully saturated rings. The first kappa shape index (κ1) is 14.5. The van der Waals surface area contributed by atoms with Gasteiger partial charge >= 0.3 is 0 Å². The van der Waals surface area contributed by atoms with E-state index in [2.05, 4.69) is 0 Å². The minimum Gasteiger partial charge on any atom is -0.451 e. The standard InChI is InChI=1S/C18H19FN2O2/c19-13-4-1-11(2-5-13)16-7-8-17(23-16)18(22)21-9-12-3-6-15(20)14(12)10-21/h1-2,4-5,7-8,12,14-15H,3,6,9-10,20H2. The molecule has 0 spiro atoms. The quantitative estimate of drug-likeness (QED) is 0.927. The van der Waals surface area contributed by atoms with Crippen LogP contribution in [0.1, 0.15) is 23.4 Å². The molecule has 1 saturated heterocycles. The summed E-state index contributed by atoms with van der Waals surface area (Å²) >= 11 is 0. The number of rotatable bonds is 2. The summed E-state index contributed by atoms with van der Waals surface area (Å²) in [4.78, 5) is 14.5. The summed E-state index contributed by atoms with van der Waals surface area (Å²) in [5.74, 6) is 1.48. The molecule has 4 nitrogen and oxygen atoms in total. The van der Waals surface area contributed by atoms with Gasteiger partial charge in [0.15, 0.2) is 5.76 Å². The minimum absolute atomic E-state index is 0.0834. The van der Waals surface area contributed by atoms with Gasteiger partial charge in [0.1, 0.15) is 11.6 Å². The van der Waals surface area contributed by atoms with Crippen molar-refractivity contribution in [3.8, 4) is 11.3 Å². The molecular formula is C18H19FN2O2. The molecule has 3 atom stereocenters. The Bertz CT molecular complexity index is 725. The highest BCUT2D eigenvalue weighted by Crippen LogP contribution is 2.37. The SMILES string of the molecule is NC1CCC2CN(C(=O)c3ccc(-c4ccc(F)cc4)o3)CC12. The van der Waals surface area contributed by atoms with E-state index in [1.807, 2.05) is 4.90 Å². The molecule has 1 aliphatic heterocycles. The summed E-state index contributed by atoms with van der Waals surface area (Å²) in [6.45, 7) is 1.49. The van der Waals surface area contributed by atoms with Crippen molar-refractivity contribution in [2.75, 3.05) is 13.1 Å². The normalized spacial score (nSPS) is 26.5. The summed E-state index contributed by atoms with van der Waals surface area (Å²) in [5.41, 5.74) is 6.88. The van der Waals surface area contributed by atoms with E-state index >= 15 is 0 Å². The van der Waals surface area contributed by atoms with Crippen LogP contribution in [0.2, 0.25) is 0 Å². The first-order valence-electron chi connectivity index (χ1n) is 8.02. The van der Waals surface area contributed by atoms with Crippen molar-refractivity contribution in [2.24, 2.45) is 17.6 Å². The number of carbonyl (C=O) groups is 1. The number of carbonyl (C=O) groups excluding carboxylic acids is 1. The van der Waals surface area contributed by atoms with Gasteiger partial charge in [-0.2, -0.15) is 0 Å². The Balaban J connectivity index is 1.51. The van der Waals surface area contributed by atoms with Gasteiger partial charge < -0.3 is 15.1 Å². The van der Waals surface area contributed by atoms with Gasteiger partial charge in [0, 0.05) is 24.7 Å². The van der Waals surface area contributed by atoms with Gasteiger partial charge in [-0.15, -0.1) is 0 Å². The molecule has 4 rings (SSSR count). The van der Waals surface area contributed by atoms with Gasteiger partial charge in [-0.3, -0.25) is 4.79 Å². The van der Waals surface area contributed by atoms with Crippen LogP contribution in [0.4, 0.5) is 4.39 Å². The zero-order valence-electron chi connectivity index (χ0n) is 12.7. The van der Waals surface area contributed by atoms with Crippen LogP contribution >= 0.6 is 0 Å². The van der Waals surface area contributed by atoms with Crippen LogP contribution in [0, 0.1) is 17.7 Å². The van der Waals surface area contributed by atoms with Gasteiger partial charge in [-0.05, 0) is 61.1 Å². The third kappa shape index (κ3) is 2.55. The number of fused-ring (bicyclic) bond motifs is 1. The van der Waals surface area contributed by atoms with Crippen LogP contribution in [0.5, 0.6) is 0 Å². The van der Waals surface area contributed by atoms with Crippen molar-refractivity contribution in [1.82, 2.24) is 4.90 Å². The van der Waals surface area contributed by atoms with E-state index in [-0.39, 0.29) is 17.8 Å². The van der Waals surface area contributed by atoms with Gasteiger partial charge in [0.05, 0.1) is 0 Å². The highest BCUT2D eigenvalue weighted by molar-refractivity contribution is 5.92. The second-order valence-corrected chi connectivity index (χ2v) is 6.55. The maximum Gasteiger partial charge on any atom is 0.289 e.